The lowest BCUT2D eigenvalue weighted by Gasteiger charge is -2.17. The lowest BCUT2D eigenvalue weighted by atomic mass is 9.98. The highest BCUT2D eigenvalue weighted by molar-refractivity contribution is 5.78. The molecule has 0 aromatic rings. The number of rotatable bonds is 4. The van der Waals surface area contributed by atoms with Crippen LogP contribution in [-0.4, -0.2) is 11.9 Å². The molecule has 2 heteroatoms. The minimum atomic E-state index is 0.176. The molecule has 0 unspecified atom stereocenters. The zero-order valence-corrected chi connectivity index (χ0v) is 9.68. The predicted octanol–water partition coefficient (Wildman–Crippen LogP) is 2.73. The summed E-state index contributed by atoms with van der Waals surface area (Å²) >= 11 is 0. The lowest BCUT2D eigenvalue weighted by Crippen LogP contribution is -2.36. The van der Waals surface area contributed by atoms with Gasteiger partial charge in [0.2, 0.25) is 5.91 Å². The first kappa shape index (κ1) is 11.5. The largest absolute Gasteiger partial charge is 0.353 e. The number of carbonyl (C=O) groups excluding carboxylic acids is 1. The Kier molecular flexibility index (Phi) is 4.43. The summed E-state index contributed by atoms with van der Waals surface area (Å²) in [4.78, 5) is 11.7. The first-order chi connectivity index (χ1) is 6.59. The summed E-state index contributed by atoms with van der Waals surface area (Å²) in [6, 6.07) is 0.470. The molecule has 1 rings (SSSR count). The van der Waals surface area contributed by atoms with Crippen LogP contribution in [0.5, 0.6) is 0 Å². The van der Waals surface area contributed by atoms with Gasteiger partial charge in [0, 0.05) is 12.0 Å². The van der Waals surface area contributed by atoms with Gasteiger partial charge in [0.1, 0.15) is 0 Å². The van der Waals surface area contributed by atoms with Crippen molar-refractivity contribution in [1.82, 2.24) is 5.32 Å². The molecule has 0 bridgehead atoms. The van der Waals surface area contributed by atoms with Crippen molar-refractivity contribution in [3.05, 3.63) is 0 Å². The third-order valence-electron chi connectivity index (χ3n) is 2.97. The Labute approximate surface area is 87.5 Å². The van der Waals surface area contributed by atoms with Crippen molar-refractivity contribution in [2.24, 2.45) is 11.8 Å². The maximum atomic E-state index is 11.7. The van der Waals surface area contributed by atoms with Crippen LogP contribution in [-0.2, 0) is 4.79 Å². The van der Waals surface area contributed by atoms with E-state index in [1.807, 2.05) is 6.92 Å². The van der Waals surface area contributed by atoms with E-state index in [1.165, 1.54) is 25.7 Å². The second kappa shape index (κ2) is 5.38. The normalized spacial score (nSPS) is 20.0. The van der Waals surface area contributed by atoms with Crippen LogP contribution in [0.4, 0.5) is 0 Å². The molecule has 0 saturated heterocycles. The predicted molar refractivity (Wildman–Crippen MR) is 59.0 cm³/mol. The highest BCUT2D eigenvalue weighted by atomic mass is 16.1. The van der Waals surface area contributed by atoms with Crippen molar-refractivity contribution < 1.29 is 4.79 Å². The zero-order chi connectivity index (χ0) is 10.6. The quantitative estimate of drug-likeness (QED) is 0.737. The minimum Gasteiger partial charge on any atom is -0.353 e. The molecule has 82 valence electrons. The van der Waals surface area contributed by atoms with Crippen molar-refractivity contribution in [1.29, 1.82) is 0 Å². The maximum Gasteiger partial charge on any atom is 0.223 e. The van der Waals surface area contributed by atoms with Crippen LogP contribution in [0.3, 0.4) is 0 Å². The van der Waals surface area contributed by atoms with E-state index < -0.39 is 0 Å². The van der Waals surface area contributed by atoms with Gasteiger partial charge in [-0.25, -0.2) is 0 Å². The van der Waals surface area contributed by atoms with E-state index in [9.17, 15) is 4.79 Å². The van der Waals surface area contributed by atoms with Crippen molar-refractivity contribution in [3.8, 4) is 0 Å². The van der Waals surface area contributed by atoms with Crippen molar-refractivity contribution in [2.45, 2.75) is 58.9 Å². The Morgan fingerprint density at radius 1 is 1.29 bits per heavy atom. The van der Waals surface area contributed by atoms with Crippen LogP contribution >= 0.6 is 0 Å². The van der Waals surface area contributed by atoms with E-state index in [1.54, 1.807) is 0 Å². The number of hydrogen-bond donors (Lipinski definition) is 1. The van der Waals surface area contributed by atoms with Gasteiger partial charge >= 0.3 is 0 Å². The molecule has 1 N–H and O–H groups in total. The molecular formula is C12H23NO. The molecule has 1 fully saturated rings. The Bertz CT molecular complexity index is 183. The van der Waals surface area contributed by atoms with Gasteiger partial charge in [-0.15, -0.1) is 0 Å². The highest BCUT2D eigenvalue weighted by Crippen LogP contribution is 2.19. The van der Waals surface area contributed by atoms with E-state index in [-0.39, 0.29) is 11.8 Å². The van der Waals surface area contributed by atoms with Gasteiger partial charge in [-0.1, -0.05) is 33.6 Å². The standard InChI is InChI=1S/C12H23NO/c1-9(2)8-10(3)12(14)13-11-6-4-5-7-11/h9-11H,4-8H2,1-3H3,(H,13,14)/t10-/m0/s1. The minimum absolute atomic E-state index is 0.176. The summed E-state index contributed by atoms with van der Waals surface area (Å²) in [5.41, 5.74) is 0. The van der Waals surface area contributed by atoms with E-state index in [0.717, 1.165) is 6.42 Å². The maximum absolute atomic E-state index is 11.7. The summed E-state index contributed by atoms with van der Waals surface area (Å²) in [5.74, 6) is 1.04. The zero-order valence-electron chi connectivity index (χ0n) is 9.68. The molecule has 0 aromatic heterocycles. The third kappa shape index (κ3) is 3.69. The second-order valence-electron chi connectivity index (χ2n) is 5.02. The smallest absolute Gasteiger partial charge is 0.223 e. The Morgan fingerprint density at radius 3 is 2.36 bits per heavy atom. The first-order valence-corrected chi connectivity index (χ1v) is 5.90. The fraction of sp³-hybridized carbons (Fsp3) is 0.917. The molecule has 0 radical (unpaired) electrons. The molecule has 0 aromatic carbocycles. The number of hydrogen-bond acceptors (Lipinski definition) is 1. The molecular weight excluding hydrogens is 174 g/mol. The highest BCUT2D eigenvalue weighted by Gasteiger charge is 2.20. The van der Waals surface area contributed by atoms with E-state index in [2.05, 4.69) is 19.2 Å². The fourth-order valence-electron chi connectivity index (χ4n) is 2.23. The van der Waals surface area contributed by atoms with Gasteiger partial charge in [-0.05, 0) is 25.2 Å². The lowest BCUT2D eigenvalue weighted by molar-refractivity contribution is -0.125. The fourth-order valence-corrected chi connectivity index (χ4v) is 2.23. The van der Waals surface area contributed by atoms with E-state index in [0.29, 0.717) is 12.0 Å². The van der Waals surface area contributed by atoms with Gasteiger partial charge in [0.05, 0.1) is 0 Å². The van der Waals surface area contributed by atoms with Gasteiger partial charge in [-0.3, -0.25) is 4.79 Å². The molecule has 0 aliphatic heterocycles. The average Bonchev–Trinajstić information content (AvgIpc) is 2.55. The average molecular weight is 197 g/mol. The Hall–Kier alpha value is -0.530. The topological polar surface area (TPSA) is 29.1 Å². The number of carbonyl (C=O) groups is 1. The molecule has 1 aliphatic carbocycles. The molecule has 2 nitrogen and oxygen atoms in total. The van der Waals surface area contributed by atoms with Crippen molar-refractivity contribution in [3.63, 3.8) is 0 Å². The summed E-state index contributed by atoms with van der Waals surface area (Å²) in [5, 5.41) is 3.15. The summed E-state index contributed by atoms with van der Waals surface area (Å²) in [6.45, 7) is 6.36. The van der Waals surface area contributed by atoms with Gasteiger partial charge in [0.15, 0.2) is 0 Å². The summed E-state index contributed by atoms with van der Waals surface area (Å²) < 4.78 is 0. The van der Waals surface area contributed by atoms with Crippen molar-refractivity contribution >= 4 is 5.91 Å². The number of amides is 1. The second-order valence-corrected chi connectivity index (χ2v) is 5.02. The van der Waals surface area contributed by atoms with E-state index >= 15 is 0 Å². The van der Waals surface area contributed by atoms with Crippen molar-refractivity contribution in [2.75, 3.05) is 0 Å². The van der Waals surface area contributed by atoms with Crippen LogP contribution in [0.1, 0.15) is 52.9 Å². The molecule has 1 amide bonds. The van der Waals surface area contributed by atoms with Gasteiger partial charge < -0.3 is 5.32 Å². The summed E-state index contributed by atoms with van der Waals surface area (Å²) in [7, 11) is 0. The Morgan fingerprint density at radius 2 is 1.86 bits per heavy atom. The Balaban J connectivity index is 2.25. The van der Waals surface area contributed by atoms with Crippen LogP contribution in [0.2, 0.25) is 0 Å². The summed E-state index contributed by atoms with van der Waals surface area (Å²) in [6.07, 6.45) is 5.92. The monoisotopic (exact) mass is 197 g/mol. The SMILES string of the molecule is CC(C)C[C@H](C)C(=O)NC1CCCC1. The first-order valence-electron chi connectivity index (χ1n) is 5.90. The molecule has 1 atom stereocenters. The molecule has 0 heterocycles. The van der Waals surface area contributed by atoms with Gasteiger partial charge in [-0.2, -0.15) is 0 Å². The molecule has 0 spiro atoms. The van der Waals surface area contributed by atoms with Gasteiger partial charge in [0.25, 0.3) is 0 Å². The molecule has 1 saturated carbocycles. The van der Waals surface area contributed by atoms with Crippen LogP contribution in [0.15, 0.2) is 0 Å². The number of nitrogens with one attached hydrogen (secondary N) is 1. The third-order valence-corrected chi connectivity index (χ3v) is 2.97. The molecule has 1 aliphatic rings. The van der Waals surface area contributed by atoms with Crippen LogP contribution in [0.25, 0.3) is 0 Å². The van der Waals surface area contributed by atoms with Crippen LogP contribution in [0, 0.1) is 11.8 Å². The molecule has 14 heavy (non-hydrogen) atoms. The van der Waals surface area contributed by atoms with E-state index in [4.69, 9.17) is 0 Å². The van der Waals surface area contributed by atoms with Crippen LogP contribution < -0.4 is 5.32 Å².